The Hall–Kier alpha value is -0.410. The number of piperidine rings is 1. The van der Waals surface area contributed by atoms with E-state index in [0.29, 0.717) is 24.7 Å². The number of rotatable bonds is 5. The Kier molecular flexibility index (Phi) is 5.60. The van der Waals surface area contributed by atoms with Gasteiger partial charge in [0.25, 0.3) is 0 Å². The van der Waals surface area contributed by atoms with Gasteiger partial charge in [0.05, 0.1) is 0 Å². The van der Waals surface area contributed by atoms with E-state index in [-0.39, 0.29) is 5.41 Å². The van der Waals surface area contributed by atoms with E-state index < -0.39 is 0 Å². The first-order valence-electron chi connectivity index (χ1n) is 6.80. The molecule has 1 fully saturated rings. The molecule has 0 aromatic rings. The summed E-state index contributed by atoms with van der Waals surface area (Å²) in [5.41, 5.74) is -0.208. The highest BCUT2D eigenvalue weighted by atomic mass is 16.3. The summed E-state index contributed by atoms with van der Waals surface area (Å²) in [5.74, 6) is 0.972. The van der Waals surface area contributed by atoms with Crippen LogP contribution in [-0.2, 0) is 4.79 Å². The lowest BCUT2D eigenvalue weighted by atomic mass is 9.88. The van der Waals surface area contributed by atoms with E-state index in [1.165, 1.54) is 12.8 Å². The van der Waals surface area contributed by atoms with Crippen LogP contribution in [0.3, 0.4) is 0 Å². The smallest absolute Gasteiger partial charge is 0.139 e. The van der Waals surface area contributed by atoms with Gasteiger partial charge in [-0.05, 0) is 31.7 Å². The summed E-state index contributed by atoms with van der Waals surface area (Å²) in [6, 6.07) is 0. The average Bonchev–Trinajstić information content (AvgIpc) is 2.25. The minimum absolute atomic E-state index is 0.208. The second-order valence-electron chi connectivity index (χ2n) is 6.24. The average molecular weight is 241 g/mol. The largest absolute Gasteiger partial charge is 0.396 e. The Bertz CT molecular complexity index is 243. The maximum absolute atomic E-state index is 11.8. The fraction of sp³-hybridized carbons (Fsp3) is 0.929. The van der Waals surface area contributed by atoms with Crippen molar-refractivity contribution in [1.82, 2.24) is 4.90 Å². The van der Waals surface area contributed by atoms with Gasteiger partial charge in [-0.15, -0.1) is 0 Å². The summed E-state index contributed by atoms with van der Waals surface area (Å²) in [6.45, 7) is 9.30. The predicted octanol–water partition coefficient (Wildman–Crippen LogP) is 2.09. The van der Waals surface area contributed by atoms with Crippen LogP contribution in [0.1, 0.15) is 46.5 Å². The third-order valence-corrected chi connectivity index (χ3v) is 3.63. The van der Waals surface area contributed by atoms with E-state index in [9.17, 15) is 4.79 Å². The van der Waals surface area contributed by atoms with E-state index >= 15 is 0 Å². The van der Waals surface area contributed by atoms with Crippen molar-refractivity contribution in [3.05, 3.63) is 0 Å². The minimum Gasteiger partial charge on any atom is -0.396 e. The molecule has 0 radical (unpaired) electrons. The van der Waals surface area contributed by atoms with Gasteiger partial charge < -0.3 is 10.0 Å². The molecule has 0 aromatic carbocycles. The van der Waals surface area contributed by atoms with Crippen LogP contribution in [0.15, 0.2) is 0 Å². The molecule has 1 rings (SSSR count). The standard InChI is InChI=1S/C14H27NO2/c1-14(2,3)13(17)6-9-15-8-4-5-12(11-15)7-10-16/h12,16H,4-11H2,1-3H3. The van der Waals surface area contributed by atoms with Crippen molar-refractivity contribution < 1.29 is 9.90 Å². The fourth-order valence-corrected chi connectivity index (χ4v) is 2.41. The van der Waals surface area contributed by atoms with Gasteiger partial charge in [0.2, 0.25) is 0 Å². The predicted molar refractivity (Wildman–Crippen MR) is 69.9 cm³/mol. The Morgan fingerprint density at radius 1 is 1.41 bits per heavy atom. The molecule has 1 N–H and O–H groups in total. The van der Waals surface area contributed by atoms with Gasteiger partial charge in [-0.25, -0.2) is 0 Å². The first-order chi connectivity index (χ1) is 7.93. The molecular formula is C14H27NO2. The summed E-state index contributed by atoms with van der Waals surface area (Å²) in [5, 5.41) is 8.96. The number of likely N-dealkylation sites (tertiary alicyclic amines) is 1. The number of Topliss-reactive ketones (excluding diaryl/α,β-unsaturated/α-hetero) is 1. The minimum atomic E-state index is -0.208. The van der Waals surface area contributed by atoms with Crippen LogP contribution in [0.25, 0.3) is 0 Å². The molecular weight excluding hydrogens is 214 g/mol. The van der Waals surface area contributed by atoms with E-state index in [0.717, 1.165) is 26.1 Å². The normalized spacial score (nSPS) is 22.7. The highest BCUT2D eigenvalue weighted by Gasteiger charge is 2.23. The molecule has 100 valence electrons. The van der Waals surface area contributed by atoms with Crippen molar-refractivity contribution in [3.8, 4) is 0 Å². The van der Waals surface area contributed by atoms with Crippen LogP contribution < -0.4 is 0 Å². The SMILES string of the molecule is CC(C)(C)C(=O)CCN1CCCC(CCO)C1. The molecule has 3 nitrogen and oxygen atoms in total. The number of aliphatic hydroxyl groups excluding tert-OH is 1. The zero-order valence-electron chi connectivity index (χ0n) is 11.5. The van der Waals surface area contributed by atoms with Crippen molar-refractivity contribution in [1.29, 1.82) is 0 Å². The van der Waals surface area contributed by atoms with Gasteiger partial charge >= 0.3 is 0 Å². The first kappa shape index (κ1) is 14.7. The lowest BCUT2D eigenvalue weighted by Gasteiger charge is -2.32. The van der Waals surface area contributed by atoms with E-state index in [1.807, 2.05) is 20.8 Å². The quantitative estimate of drug-likeness (QED) is 0.801. The van der Waals surface area contributed by atoms with Crippen molar-refractivity contribution in [2.24, 2.45) is 11.3 Å². The van der Waals surface area contributed by atoms with Gasteiger partial charge in [0.1, 0.15) is 5.78 Å². The summed E-state index contributed by atoms with van der Waals surface area (Å²) >= 11 is 0. The van der Waals surface area contributed by atoms with Gasteiger partial charge in [-0.2, -0.15) is 0 Å². The Balaban J connectivity index is 2.29. The third kappa shape index (κ3) is 5.17. The zero-order chi connectivity index (χ0) is 12.9. The van der Waals surface area contributed by atoms with Crippen molar-refractivity contribution >= 4 is 5.78 Å². The molecule has 0 spiro atoms. The van der Waals surface area contributed by atoms with Crippen LogP contribution in [0.4, 0.5) is 0 Å². The Morgan fingerprint density at radius 2 is 2.12 bits per heavy atom. The molecule has 17 heavy (non-hydrogen) atoms. The molecule has 0 aromatic heterocycles. The Labute approximate surface area is 105 Å². The molecule has 0 aliphatic carbocycles. The summed E-state index contributed by atoms with van der Waals surface area (Å²) in [6.07, 6.45) is 4.00. The number of hydrogen-bond acceptors (Lipinski definition) is 3. The molecule has 0 saturated carbocycles. The number of nitrogens with zero attached hydrogens (tertiary/aromatic N) is 1. The molecule has 0 bridgehead atoms. The molecule has 1 unspecified atom stereocenters. The van der Waals surface area contributed by atoms with E-state index in [1.54, 1.807) is 0 Å². The van der Waals surface area contributed by atoms with Gasteiger partial charge in [-0.3, -0.25) is 4.79 Å². The van der Waals surface area contributed by atoms with Gasteiger partial charge in [0, 0.05) is 31.5 Å². The zero-order valence-corrected chi connectivity index (χ0v) is 11.5. The third-order valence-electron chi connectivity index (χ3n) is 3.63. The van der Waals surface area contributed by atoms with Crippen molar-refractivity contribution in [2.45, 2.75) is 46.5 Å². The van der Waals surface area contributed by atoms with Crippen LogP contribution in [0.5, 0.6) is 0 Å². The summed E-state index contributed by atoms with van der Waals surface area (Å²) < 4.78 is 0. The monoisotopic (exact) mass is 241 g/mol. The van der Waals surface area contributed by atoms with E-state index in [2.05, 4.69) is 4.90 Å². The molecule has 1 saturated heterocycles. The van der Waals surface area contributed by atoms with Crippen LogP contribution in [0.2, 0.25) is 0 Å². The Morgan fingerprint density at radius 3 is 2.71 bits per heavy atom. The molecule has 1 atom stereocenters. The number of carbonyl (C=O) groups is 1. The van der Waals surface area contributed by atoms with Gasteiger partial charge in [0.15, 0.2) is 0 Å². The van der Waals surface area contributed by atoms with Crippen LogP contribution >= 0.6 is 0 Å². The summed E-state index contributed by atoms with van der Waals surface area (Å²) in [7, 11) is 0. The maximum atomic E-state index is 11.8. The number of ketones is 1. The summed E-state index contributed by atoms with van der Waals surface area (Å²) in [4.78, 5) is 14.2. The maximum Gasteiger partial charge on any atom is 0.139 e. The lowest BCUT2D eigenvalue weighted by Crippen LogP contribution is -2.38. The number of carbonyl (C=O) groups excluding carboxylic acids is 1. The second kappa shape index (κ2) is 6.50. The second-order valence-corrected chi connectivity index (χ2v) is 6.24. The first-order valence-corrected chi connectivity index (χ1v) is 6.80. The molecule has 1 heterocycles. The van der Waals surface area contributed by atoms with Crippen LogP contribution in [0, 0.1) is 11.3 Å². The lowest BCUT2D eigenvalue weighted by molar-refractivity contribution is -0.126. The fourth-order valence-electron chi connectivity index (χ4n) is 2.41. The van der Waals surface area contributed by atoms with E-state index in [4.69, 9.17) is 5.11 Å². The highest BCUT2D eigenvalue weighted by molar-refractivity contribution is 5.83. The van der Waals surface area contributed by atoms with Crippen LogP contribution in [-0.4, -0.2) is 42.0 Å². The molecule has 0 amide bonds. The molecule has 3 heteroatoms. The topological polar surface area (TPSA) is 40.5 Å². The van der Waals surface area contributed by atoms with Gasteiger partial charge in [-0.1, -0.05) is 20.8 Å². The van der Waals surface area contributed by atoms with Crippen molar-refractivity contribution in [2.75, 3.05) is 26.2 Å². The number of aliphatic hydroxyl groups is 1. The molecule has 1 aliphatic heterocycles. The molecule has 1 aliphatic rings. The number of hydrogen-bond donors (Lipinski definition) is 1. The van der Waals surface area contributed by atoms with Crippen molar-refractivity contribution in [3.63, 3.8) is 0 Å². The highest BCUT2D eigenvalue weighted by Crippen LogP contribution is 2.21.